The van der Waals surface area contributed by atoms with Gasteiger partial charge in [0.1, 0.15) is 11.8 Å². The lowest BCUT2D eigenvalue weighted by molar-refractivity contribution is -0.274. The molecule has 0 saturated carbocycles. The van der Waals surface area contributed by atoms with Crippen LogP contribution in [0.1, 0.15) is 19.4 Å². The number of rotatable bonds is 6. The topological polar surface area (TPSA) is 58.6 Å². The van der Waals surface area contributed by atoms with Crippen LogP contribution in [0.3, 0.4) is 0 Å². The molecule has 1 aromatic rings. The standard InChI is InChI=1S/C13H16F3NO3/c1-8(2)11(12(18)19)17-7-9-4-3-5-10(6-9)20-13(14,15)16/h3-6,8,11,17H,7H2,1-2H3,(H,18,19)/t11-/m1/s1. The van der Waals surface area contributed by atoms with Gasteiger partial charge >= 0.3 is 12.3 Å². The van der Waals surface area contributed by atoms with Crippen molar-refractivity contribution in [3.05, 3.63) is 29.8 Å². The van der Waals surface area contributed by atoms with Crippen LogP contribution in [0.25, 0.3) is 0 Å². The maximum absolute atomic E-state index is 12.1. The largest absolute Gasteiger partial charge is 0.573 e. The maximum atomic E-state index is 12.1. The van der Waals surface area contributed by atoms with Crippen LogP contribution in [0.15, 0.2) is 24.3 Å². The third kappa shape index (κ3) is 5.48. The summed E-state index contributed by atoms with van der Waals surface area (Å²) >= 11 is 0. The number of hydrogen-bond acceptors (Lipinski definition) is 3. The predicted molar refractivity (Wildman–Crippen MR) is 66.2 cm³/mol. The van der Waals surface area contributed by atoms with E-state index in [4.69, 9.17) is 5.11 Å². The molecular formula is C13H16F3NO3. The number of halogens is 3. The second kappa shape index (κ2) is 6.60. The normalized spacial score (nSPS) is 13.3. The van der Waals surface area contributed by atoms with E-state index in [9.17, 15) is 18.0 Å². The summed E-state index contributed by atoms with van der Waals surface area (Å²) in [5, 5.41) is 11.8. The molecule has 1 atom stereocenters. The molecular weight excluding hydrogens is 275 g/mol. The van der Waals surface area contributed by atoms with Crippen molar-refractivity contribution in [2.45, 2.75) is 32.8 Å². The smallest absolute Gasteiger partial charge is 0.480 e. The molecule has 0 saturated heterocycles. The summed E-state index contributed by atoms with van der Waals surface area (Å²) in [5.41, 5.74) is 0.513. The average molecular weight is 291 g/mol. The van der Waals surface area contributed by atoms with Crippen LogP contribution in [-0.4, -0.2) is 23.5 Å². The molecule has 1 rings (SSSR count). The van der Waals surface area contributed by atoms with E-state index >= 15 is 0 Å². The number of aliphatic carboxylic acids is 1. The van der Waals surface area contributed by atoms with Gasteiger partial charge in [-0.15, -0.1) is 13.2 Å². The van der Waals surface area contributed by atoms with Crippen LogP contribution in [0.4, 0.5) is 13.2 Å². The van der Waals surface area contributed by atoms with Crippen LogP contribution in [0.2, 0.25) is 0 Å². The van der Waals surface area contributed by atoms with Crippen LogP contribution >= 0.6 is 0 Å². The summed E-state index contributed by atoms with van der Waals surface area (Å²) in [5.74, 6) is -1.46. The maximum Gasteiger partial charge on any atom is 0.573 e. The minimum absolute atomic E-state index is 0.137. The second-order valence-corrected chi connectivity index (χ2v) is 4.64. The number of nitrogens with one attached hydrogen (secondary N) is 1. The zero-order valence-corrected chi connectivity index (χ0v) is 11.1. The Hall–Kier alpha value is -1.76. The van der Waals surface area contributed by atoms with Crippen molar-refractivity contribution in [2.75, 3.05) is 0 Å². The van der Waals surface area contributed by atoms with Gasteiger partial charge < -0.3 is 15.2 Å². The zero-order chi connectivity index (χ0) is 15.3. The highest BCUT2D eigenvalue weighted by Crippen LogP contribution is 2.23. The number of carbonyl (C=O) groups is 1. The Bertz CT molecular complexity index is 460. The second-order valence-electron chi connectivity index (χ2n) is 4.64. The fourth-order valence-electron chi connectivity index (χ4n) is 1.69. The molecule has 0 unspecified atom stereocenters. The summed E-state index contributed by atoms with van der Waals surface area (Å²) in [6.07, 6.45) is -4.74. The van der Waals surface area contributed by atoms with Crippen molar-refractivity contribution in [2.24, 2.45) is 5.92 Å². The Morgan fingerprint density at radius 3 is 2.55 bits per heavy atom. The molecule has 0 aliphatic carbocycles. The van der Waals surface area contributed by atoms with Crippen LogP contribution < -0.4 is 10.1 Å². The van der Waals surface area contributed by atoms with E-state index in [1.54, 1.807) is 19.9 Å². The van der Waals surface area contributed by atoms with E-state index in [0.717, 1.165) is 0 Å². The summed E-state index contributed by atoms with van der Waals surface area (Å²) in [4.78, 5) is 11.0. The minimum atomic E-state index is -4.74. The Labute approximate surface area is 114 Å². The number of carboxylic acids is 1. The van der Waals surface area contributed by atoms with E-state index in [1.807, 2.05) is 0 Å². The van der Waals surface area contributed by atoms with Crippen molar-refractivity contribution in [1.82, 2.24) is 5.32 Å². The van der Waals surface area contributed by atoms with E-state index in [-0.39, 0.29) is 18.2 Å². The molecule has 0 aliphatic heterocycles. The molecule has 0 fully saturated rings. The van der Waals surface area contributed by atoms with Gasteiger partial charge in [-0.25, -0.2) is 0 Å². The number of alkyl halides is 3. The van der Waals surface area contributed by atoms with E-state index < -0.39 is 18.4 Å². The number of hydrogen-bond donors (Lipinski definition) is 2. The first-order chi connectivity index (χ1) is 9.19. The lowest BCUT2D eigenvalue weighted by Crippen LogP contribution is -2.40. The summed E-state index contributed by atoms with van der Waals surface area (Å²) in [7, 11) is 0. The Morgan fingerprint density at radius 2 is 2.05 bits per heavy atom. The van der Waals surface area contributed by atoms with Gasteiger partial charge in [0.25, 0.3) is 0 Å². The van der Waals surface area contributed by atoms with Crippen LogP contribution in [0, 0.1) is 5.92 Å². The van der Waals surface area contributed by atoms with Crippen molar-refractivity contribution in [1.29, 1.82) is 0 Å². The molecule has 0 spiro atoms. The molecule has 0 heterocycles. The molecule has 0 radical (unpaired) electrons. The molecule has 4 nitrogen and oxygen atoms in total. The Balaban J connectivity index is 2.69. The first-order valence-corrected chi connectivity index (χ1v) is 6.00. The molecule has 20 heavy (non-hydrogen) atoms. The quantitative estimate of drug-likeness (QED) is 0.846. The molecule has 1 aromatic carbocycles. The Morgan fingerprint density at radius 1 is 1.40 bits per heavy atom. The SMILES string of the molecule is CC(C)[C@@H](NCc1cccc(OC(F)(F)F)c1)C(=O)O. The van der Waals surface area contributed by atoms with Crippen LogP contribution in [-0.2, 0) is 11.3 Å². The monoisotopic (exact) mass is 291 g/mol. The van der Waals surface area contributed by atoms with Gasteiger partial charge in [-0.05, 0) is 23.6 Å². The highest BCUT2D eigenvalue weighted by atomic mass is 19.4. The van der Waals surface area contributed by atoms with Gasteiger partial charge in [0, 0.05) is 6.54 Å². The third-order valence-corrected chi connectivity index (χ3v) is 2.59. The van der Waals surface area contributed by atoms with Gasteiger partial charge in [0.15, 0.2) is 0 Å². The summed E-state index contributed by atoms with van der Waals surface area (Å²) in [6, 6.07) is 4.66. The van der Waals surface area contributed by atoms with Gasteiger partial charge in [-0.1, -0.05) is 26.0 Å². The summed E-state index contributed by atoms with van der Waals surface area (Å²) < 4.78 is 40.0. The number of ether oxygens (including phenoxy) is 1. The van der Waals surface area contributed by atoms with Gasteiger partial charge in [0.05, 0.1) is 0 Å². The summed E-state index contributed by atoms with van der Waals surface area (Å²) in [6.45, 7) is 3.63. The number of carboxylic acid groups (broad SMARTS) is 1. The van der Waals surface area contributed by atoms with Gasteiger partial charge in [-0.3, -0.25) is 4.79 Å². The molecule has 0 bridgehead atoms. The highest BCUT2D eigenvalue weighted by Gasteiger charge is 2.31. The third-order valence-electron chi connectivity index (χ3n) is 2.59. The first kappa shape index (κ1) is 16.3. The molecule has 2 N–H and O–H groups in total. The van der Waals surface area contributed by atoms with Gasteiger partial charge in [-0.2, -0.15) is 0 Å². The van der Waals surface area contributed by atoms with E-state index in [0.29, 0.717) is 5.56 Å². The van der Waals surface area contributed by atoms with Gasteiger partial charge in [0.2, 0.25) is 0 Å². The zero-order valence-electron chi connectivity index (χ0n) is 11.1. The lowest BCUT2D eigenvalue weighted by Gasteiger charge is -2.18. The minimum Gasteiger partial charge on any atom is -0.480 e. The number of benzene rings is 1. The van der Waals surface area contributed by atoms with Crippen molar-refractivity contribution < 1.29 is 27.8 Å². The van der Waals surface area contributed by atoms with Crippen molar-refractivity contribution >= 4 is 5.97 Å². The first-order valence-electron chi connectivity index (χ1n) is 6.00. The van der Waals surface area contributed by atoms with E-state index in [1.165, 1.54) is 18.2 Å². The molecule has 0 amide bonds. The molecule has 0 aliphatic rings. The molecule has 7 heteroatoms. The van der Waals surface area contributed by atoms with Crippen molar-refractivity contribution in [3.8, 4) is 5.75 Å². The van der Waals surface area contributed by atoms with Crippen molar-refractivity contribution in [3.63, 3.8) is 0 Å². The van der Waals surface area contributed by atoms with E-state index in [2.05, 4.69) is 10.1 Å². The lowest BCUT2D eigenvalue weighted by atomic mass is 10.0. The fraction of sp³-hybridized carbons (Fsp3) is 0.462. The molecule has 112 valence electrons. The average Bonchev–Trinajstić information content (AvgIpc) is 2.26. The van der Waals surface area contributed by atoms with Crippen LogP contribution in [0.5, 0.6) is 5.75 Å². The Kier molecular flexibility index (Phi) is 5.38. The molecule has 0 aromatic heterocycles. The highest BCUT2D eigenvalue weighted by molar-refractivity contribution is 5.73. The predicted octanol–water partition coefficient (Wildman–Crippen LogP) is 2.78. The fourth-order valence-corrected chi connectivity index (χ4v) is 1.69.